The van der Waals surface area contributed by atoms with E-state index < -0.39 is 0 Å². The first-order chi connectivity index (χ1) is 19.0. The molecule has 1 unspecified atom stereocenters. The summed E-state index contributed by atoms with van der Waals surface area (Å²) < 4.78 is 21.8. The van der Waals surface area contributed by atoms with E-state index in [1.807, 2.05) is 105 Å². The highest BCUT2D eigenvalue weighted by Crippen LogP contribution is 2.34. The lowest BCUT2D eigenvalue weighted by Crippen LogP contribution is -2.31. The maximum Gasteiger partial charge on any atom is 0.271 e. The van der Waals surface area contributed by atoms with Crippen molar-refractivity contribution in [3.05, 3.63) is 153 Å². The highest BCUT2D eigenvalue weighted by atomic mass is 19.1. The Bertz CT molecular complexity index is 1610. The van der Waals surface area contributed by atoms with Gasteiger partial charge in [0, 0.05) is 16.7 Å². The highest BCUT2D eigenvalue weighted by Gasteiger charge is 2.22. The molecule has 196 valence electrons. The van der Waals surface area contributed by atoms with Crippen molar-refractivity contribution in [1.29, 1.82) is 0 Å². The Kier molecular flexibility index (Phi) is 7.97. The first-order valence-corrected chi connectivity index (χ1v) is 13.2. The summed E-state index contributed by atoms with van der Waals surface area (Å²) in [6.45, 7) is 4.32. The van der Waals surface area contributed by atoms with Crippen molar-refractivity contribution in [2.75, 3.05) is 0 Å². The Labute approximate surface area is 228 Å². The van der Waals surface area contributed by atoms with Gasteiger partial charge in [0.25, 0.3) is 5.56 Å². The quantitative estimate of drug-likeness (QED) is 0.205. The number of aromatic nitrogens is 2. The summed E-state index contributed by atoms with van der Waals surface area (Å²) in [5, 5.41) is 4.80. The lowest BCUT2D eigenvalue weighted by Gasteiger charge is -2.21. The molecule has 0 fully saturated rings. The van der Waals surface area contributed by atoms with E-state index in [9.17, 15) is 9.18 Å². The zero-order chi connectivity index (χ0) is 27.2. The number of para-hydroxylation sites is 1. The second kappa shape index (κ2) is 11.9. The van der Waals surface area contributed by atoms with Crippen LogP contribution in [0, 0.1) is 12.7 Å². The monoisotopic (exact) mass is 518 g/mol. The van der Waals surface area contributed by atoms with Gasteiger partial charge in [-0.25, -0.2) is 9.07 Å². The lowest BCUT2D eigenvalue weighted by molar-refractivity contribution is 0.307. The number of benzene rings is 4. The number of nitrogens with zero attached hydrogens (tertiary/aromatic N) is 2. The van der Waals surface area contributed by atoms with Crippen LogP contribution in [-0.2, 0) is 19.4 Å². The number of hydrogen-bond donors (Lipinski definition) is 0. The third kappa shape index (κ3) is 5.99. The van der Waals surface area contributed by atoms with Crippen LogP contribution in [0.4, 0.5) is 4.39 Å². The molecule has 1 heterocycles. The van der Waals surface area contributed by atoms with E-state index in [2.05, 4.69) is 0 Å². The summed E-state index contributed by atoms with van der Waals surface area (Å²) in [6, 6.07) is 33.9. The molecule has 0 saturated heterocycles. The predicted molar refractivity (Wildman–Crippen MR) is 154 cm³/mol. The van der Waals surface area contributed by atoms with Crippen LogP contribution in [0.1, 0.15) is 40.9 Å². The normalized spacial score (nSPS) is 11.8. The third-order valence-corrected chi connectivity index (χ3v) is 6.98. The van der Waals surface area contributed by atoms with Crippen LogP contribution in [0.3, 0.4) is 0 Å². The van der Waals surface area contributed by atoms with E-state index in [0.29, 0.717) is 30.8 Å². The minimum Gasteiger partial charge on any atom is -0.488 e. The van der Waals surface area contributed by atoms with Gasteiger partial charge in [-0.2, -0.15) is 5.10 Å². The first-order valence-electron chi connectivity index (χ1n) is 13.2. The minimum atomic E-state index is -0.284. The van der Waals surface area contributed by atoms with Crippen LogP contribution in [0.5, 0.6) is 5.75 Å². The van der Waals surface area contributed by atoms with Crippen molar-refractivity contribution in [3.63, 3.8) is 0 Å². The van der Waals surface area contributed by atoms with Gasteiger partial charge in [0.15, 0.2) is 0 Å². The molecule has 0 radical (unpaired) electrons. The molecule has 0 saturated carbocycles. The summed E-state index contributed by atoms with van der Waals surface area (Å²) >= 11 is 0. The fourth-order valence-corrected chi connectivity index (χ4v) is 4.94. The van der Waals surface area contributed by atoms with Crippen LogP contribution in [-0.4, -0.2) is 9.78 Å². The van der Waals surface area contributed by atoms with Gasteiger partial charge in [-0.05, 0) is 61.6 Å². The molecule has 4 nitrogen and oxygen atoms in total. The lowest BCUT2D eigenvalue weighted by atomic mass is 9.94. The van der Waals surface area contributed by atoms with E-state index in [1.54, 1.807) is 10.7 Å². The average Bonchev–Trinajstić information content (AvgIpc) is 2.97. The molecule has 5 rings (SSSR count). The van der Waals surface area contributed by atoms with Crippen LogP contribution in [0.2, 0.25) is 0 Å². The summed E-state index contributed by atoms with van der Waals surface area (Å²) in [5.41, 5.74) is 5.73. The average molecular weight is 519 g/mol. The molecule has 1 aromatic heterocycles. The molecule has 0 spiro atoms. The summed E-state index contributed by atoms with van der Waals surface area (Å²) in [5.74, 6) is 0.403. The summed E-state index contributed by atoms with van der Waals surface area (Å²) in [4.78, 5) is 14.1. The fraction of sp³-hybridized carbons (Fsp3) is 0.176. The van der Waals surface area contributed by atoms with Crippen LogP contribution in [0.25, 0.3) is 11.1 Å². The Morgan fingerprint density at radius 2 is 1.49 bits per heavy atom. The van der Waals surface area contributed by atoms with Crippen LogP contribution in [0.15, 0.2) is 114 Å². The van der Waals surface area contributed by atoms with Gasteiger partial charge in [0.2, 0.25) is 0 Å². The highest BCUT2D eigenvalue weighted by molar-refractivity contribution is 5.75. The Morgan fingerprint density at radius 3 is 2.23 bits per heavy atom. The third-order valence-electron chi connectivity index (χ3n) is 6.98. The second-order valence-electron chi connectivity index (χ2n) is 9.68. The molecule has 0 N–H and O–H groups in total. The van der Waals surface area contributed by atoms with Crippen molar-refractivity contribution in [3.8, 4) is 16.9 Å². The Hall–Kier alpha value is -4.51. The largest absolute Gasteiger partial charge is 0.488 e. The Morgan fingerprint density at radius 1 is 0.821 bits per heavy atom. The smallest absolute Gasteiger partial charge is 0.271 e. The molecule has 0 aliphatic carbocycles. The van der Waals surface area contributed by atoms with Crippen LogP contribution < -0.4 is 10.3 Å². The van der Waals surface area contributed by atoms with Gasteiger partial charge < -0.3 is 4.74 Å². The molecule has 39 heavy (non-hydrogen) atoms. The number of aryl methyl sites for hydroxylation is 2. The van der Waals surface area contributed by atoms with E-state index in [0.717, 1.165) is 33.5 Å². The maximum atomic E-state index is 14.1. The second-order valence-corrected chi connectivity index (χ2v) is 9.68. The molecule has 0 amide bonds. The minimum absolute atomic E-state index is 0.152. The molecular formula is C34H31FN2O2. The van der Waals surface area contributed by atoms with Crippen molar-refractivity contribution < 1.29 is 9.13 Å². The van der Waals surface area contributed by atoms with Gasteiger partial charge in [-0.3, -0.25) is 4.79 Å². The Balaban J connectivity index is 1.59. The van der Waals surface area contributed by atoms with Gasteiger partial charge in [0.05, 0.1) is 11.7 Å². The van der Waals surface area contributed by atoms with Gasteiger partial charge >= 0.3 is 0 Å². The van der Waals surface area contributed by atoms with Gasteiger partial charge in [-0.1, -0.05) is 91.0 Å². The molecule has 1 atom stereocenters. The molecule has 0 aliphatic rings. The van der Waals surface area contributed by atoms with E-state index >= 15 is 0 Å². The zero-order valence-corrected chi connectivity index (χ0v) is 22.2. The predicted octanol–water partition coefficient (Wildman–Crippen LogP) is 7.33. The number of hydrogen-bond acceptors (Lipinski definition) is 3. The molecule has 0 aliphatic heterocycles. The van der Waals surface area contributed by atoms with Crippen molar-refractivity contribution in [2.24, 2.45) is 0 Å². The summed E-state index contributed by atoms with van der Waals surface area (Å²) in [7, 11) is 0. The first kappa shape index (κ1) is 26.1. The number of rotatable bonds is 9. The van der Waals surface area contributed by atoms with E-state index in [4.69, 9.17) is 9.84 Å². The number of ether oxygens (including phenoxy) is 1. The van der Waals surface area contributed by atoms with Crippen molar-refractivity contribution in [1.82, 2.24) is 9.78 Å². The van der Waals surface area contributed by atoms with Crippen LogP contribution >= 0.6 is 0 Å². The standard InChI is InChI=1S/C34H31FN2O2/c1-24-33(30-18-9-10-19-32(30)39-23-27-12-5-3-6-13-27)31(21-20-26-14-11-17-29(35)22-26)34(38)37(36-24)25(2)28-15-7-4-8-16-28/h3-19,22,25H,20-21,23H2,1-2H3. The molecule has 5 heteroatoms. The maximum absolute atomic E-state index is 14.1. The van der Waals surface area contributed by atoms with E-state index in [1.165, 1.54) is 12.1 Å². The molecule has 4 aromatic carbocycles. The van der Waals surface area contributed by atoms with Gasteiger partial charge in [0.1, 0.15) is 18.2 Å². The SMILES string of the molecule is Cc1nn(C(C)c2ccccc2)c(=O)c(CCc2cccc(F)c2)c1-c1ccccc1OCc1ccccc1. The van der Waals surface area contributed by atoms with Crippen molar-refractivity contribution in [2.45, 2.75) is 39.3 Å². The molecular weight excluding hydrogens is 487 g/mol. The van der Waals surface area contributed by atoms with Crippen molar-refractivity contribution >= 4 is 0 Å². The zero-order valence-electron chi connectivity index (χ0n) is 22.2. The fourth-order valence-electron chi connectivity index (χ4n) is 4.94. The topological polar surface area (TPSA) is 44.1 Å². The summed E-state index contributed by atoms with van der Waals surface area (Å²) in [6.07, 6.45) is 0.964. The molecule has 0 bridgehead atoms. The number of halogens is 1. The molecule has 5 aromatic rings. The van der Waals surface area contributed by atoms with E-state index in [-0.39, 0.29) is 17.4 Å². The van der Waals surface area contributed by atoms with Gasteiger partial charge in [-0.15, -0.1) is 0 Å².